The van der Waals surface area contributed by atoms with Gasteiger partial charge in [0.1, 0.15) is 0 Å². The van der Waals surface area contributed by atoms with Gasteiger partial charge in [0.15, 0.2) is 5.82 Å². The van der Waals surface area contributed by atoms with Gasteiger partial charge in [0.25, 0.3) is 5.91 Å². The fourth-order valence-electron chi connectivity index (χ4n) is 3.15. The summed E-state index contributed by atoms with van der Waals surface area (Å²) in [5.41, 5.74) is 3.93. The lowest BCUT2D eigenvalue weighted by Crippen LogP contribution is -2.35. The zero-order valence-corrected chi connectivity index (χ0v) is 17.9. The lowest BCUT2D eigenvalue weighted by molar-refractivity contribution is 0.0905. The molecule has 8 nitrogen and oxygen atoms in total. The van der Waals surface area contributed by atoms with E-state index in [1.165, 1.54) is 0 Å². The summed E-state index contributed by atoms with van der Waals surface area (Å²) in [4.78, 5) is 17.4. The second-order valence-corrected chi connectivity index (χ2v) is 7.43. The third-order valence-corrected chi connectivity index (χ3v) is 4.71. The fourth-order valence-corrected chi connectivity index (χ4v) is 3.15. The monoisotopic (exact) mass is 408 g/mol. The maximum atomic E-state index is 12.9. The third-order valence-electron chi connectivity index (χ3n) is 4.71. The first-order valence-corrected chi connectivity index (χ1v) is 10.2. The molecule has 1 atom stereocenters. The minimum Gasteiger partial charge on any atom is -0.383 e. The van der Waals surface area contributed by atoms with E-state index in [0.29, 0.717) is 12.2 Å². The van der Waals surface area contributed by atoms with Crippen LogP contribution in [0.15, 0.2) is 36.5 Å². The molecule has 0 aliphatic rings. The van der Waals surface area contributed by atoms with Crippen LogP contribution in [0.2, 0.25) is 0 Å². The van der Waals surface area contributed by atoms with Crippen molar-refractivity contribution >= 4 is 5.91 Å². The highest BCUT2D eigenvalue weighted by atomic mass is 16.5. The Bertz CT molecular complexity index is 984. The molecule has 30 heavy (non-hydrogen) atoms. The molecule has 8 heteroatoms. The number of aryl methyl sites for hydroxylation is 2. The minimum atomic E-state index is -0.182. The molecule has 0 bridgehead atoms. The summed E-state index contributed by atoms with van der Waals surface area (Å²) in [5.74, 6) is 0.586. The topological polar surface area (TPSA) is 94.8 Å². The molecule has 1 N–H and O–H groups in total. The van der Waals surface area contributed by atoms with E-state index in [9.17, 15) is 4.79 Å². The molecule has 0 fully saturated rings. The smallest absolute Gasteiger partial charge is 0.251 e. The first kappa shape index (κ1) is 21.6. The molecule has 3 aromatic rings. The molecule has 0 spiro atoms. The van der Waals surface area contributed by atoms with E-state index >= 15 is 0 Å². The van der Waals surface area contributed by atoms with Crippen LogP contribution in [0.4, 0.5) is 0 Å². The Morgan fingerprint density at radius 3 is 2.80 bits per heavy atom. The van der Waals surface area contributed by atoms with E-state index in [2.05, 4.69) is 32.7 Å². The first-order chi connectivity index (χ1) is 14.5. The van der Waals surface area contributed by atoms with Crippen molar-refractivity contribution in [3.63, 3.8) is 0 Å². The van der Waals surface area contributed by atoms with Crippen LogP contribution in [0.5, 0.6) is 0 Å². The lowest BCUT2D eigenvalue weighted by atomic mass is 10.0. The summed E-state index contributed by atoms with van der Waals surface area (Å²) in [6, 6.07) is 9.43. The molecular formula is C22H28N6O2. The average molecular weight is 409 g/mol. The molecule has 0 radical (unpaired) electrons. The van der Waals surface area contributed by atoms with Gasteiger partial charge in [0, 0.05) is 36.9 Å². The summed E-state index contributed by atoms with van der Waals surface area (Å²) in [5, 5.41) is 15.1. The number of unbranched alkanes of at least 4 members (excludes halogenated alkanes) is 1. The Kier molecular flexibility index (Phi) is 7.24. The van der Waals surface area contributed by atoms with Gasteiger partial charge in [-0.15, -0.1) is 5.10 Å². The summed E-state index contributed by atoms with van der Waals surface area (Å²) >= 11 is 0. The molecule has 1 unspecified atom stereocenters. The maximum absolute atomic E-state index is 12.9. The molecule has 1 aromatic carbocycles. The van der Waals surface area contributed by atoms with Crippen LogP contribution in [0, 0.1) is 6.92 Å². The number of tetrazole rings is 1. The number of carbonyl (C=O) groups excluding carboxylic acids is 1. The van der Waals surface area contributed by atoms with Gasteiger partial charge in [0.2, 0.25) is 0 Å². The Balaban J connectivity index is 2.03. The SMILES string of the molecule is CCCCc1nnnn1-c1cc(C(=O)NC(C)COC)cc(-c2ccc(C)cn2)c1. The van der Waals surface area contributed by atoms with Crippen molar-refractivity contribution in [1.29, 1.82) is 0 Å². The number of carbonyl (C=O) groups is 1. The van der Waals surface area contributed by atoms with Gasteiger partial charge in [0.05, 0.1) is 18.0 Å². The summed E-state index contributed by atoms with van der Waals surface area (Å²) in [6.07, 6.45) is 4.61. The van der Waals surface area contributed by atoms with Crippen LogP contribution in [-0.4, -0.2) is 50.9 Å². The molecular weight excluding hydrogens is 380 g/mol. The highest BCUT2D eigenvalue weighted by Crippen LogP contribution is 2.24. The van der Waals surface area contributed by atoms with E-state index in [0.717, 1.165) is 47.6 Å². The number of methoxy groups -OCH3 is 1. The van der Waals surface area contributed by atoms with Crippen molar-refractivity contribution in [2.24, 2.45) is 0 Å². The number of nitrogens with zero attached hydrogens (tertiary/aromatic N) is 5. The van der Waals surface area contributed by atoms with Gasteiger partial charge in [-0.3, -0.25) is 9.78 Å². The van der Waals surface area contributed by atoms with E-state index in [-0.39, 0.29) is 11.9 Å². The van der Waals surface area contributed by atoms with Gasteiger partial charge in [-0.2, -0.15) is 4.68 Å². The quantitative estimate of drug-likeness (QED) is 0.584. The van der Waals surface area contributed by atoms with Crippen molar-refractivity contribution < 1.29 is 9.53 Å². The number of aromatic nitrogens is 5. The highest BCUT2D eigenvalue weighted by molar-refractivity contribution is 5.96. The van der Waals surface area contributed by atoms with Crippen molar-refractivity contribution in [2.75, 3.05) is 13.7 Å². The maximum Gasteiger partial charge on any atom is 0.251 e. The second kappa shape index (κ2) is 10.1. The molecule has 0 aliphatic carbocycles. The van der Waals surface area contributed by atoms with Gasteiger partial charge >= 0.3 is 0 Å². The number of hydrogen-bond donors (Lipinski definition) is 1. The molecule has 2 aromatic heterocycles. The Labute approximate surface area is 176 Å². The summed E-state index contributed by atoms with van der Waals surface area (Å²) in [6.45, 7) is 6.45. The summed E-state index contributed by atoms with van der Waals surface area (Å²) < 4.78 is 6.82. The van der Waals surface area contributed by atoms with Crippen molar-refractivity contribution in [2.45, 2.75) is 46.1 Å². The predicted octanol–water partition coefficient (Wildman–Crippen LogP) is 3.14. The Hall–Kier alpha value is -3.13. The summed E-state index contributed by atoms with van der Waals surface area (Å²) in [7, 11) is 1.61. The Morgan fingerprint density at radius 1 is 1.27 bits per heavy atom. The molecule has 0 saturated heterocycles. The van der Waals surface area contributed by atoms with E-state index in [1.54, 1.807) is 17.9 Å². The van der Waals surface area contributed by atoms with Crippen LogP contribution < -0.4 is 5.32 Å². The number of nitrogens with one attached hydrogen (secondary N) is 1. The minimum absolute atomic E-state index is 0.111. The predicted molar refractivity (Wildman–Crippen MR) is 115 cm³/mol. The largest absolute Gasteiger partial charge is 0.383 e. The van der Waals surface area contributed by atoms with Crippen molar-refractivity contribution in [3.05, 3.63) is 53.5 Å². The third kappa shape index (κ3) is 5.27. The molecule has 3 rings (SSSR count). The van der Waals surface area contributed by atoms with Crippen LogP contribution >= 0.6 is 0 Å². The van der Waals surface area contributed by atoms with Crippen molar-refractivity contribution in [3.8, 4) is 16.9 Å². The zero-order valence-electron chi connectivity index (χ0n) is 17.9. The normalized spacial score (nSPS) is 12.0. The van der Waals surface area contributed by atoms with Gasteiger partial charge in [-0.05, 0) is 60.5 Å². The lowest BCUT2D eigenvalue weighted by Gasteiger charge is -2.15. The number of ether oxygens (including phenoxy) is 1. The zero-order chi connectivity index (χ0) is 21.5. The number of rotatable bonds is 9. The average Bonchev–Trinajstić information content (AvgIpc) is 3.21. The second-order valence-electron chi connectivity index (χ2n) is 7.43. The van der Waals surface area contributed by atoms with Gasteiger partial charge in [-0.25, -0.2) is 0 Å². The van der Waals surface area contributed by atoms with Gasteiger partial charge in [-0.1, -0.05) is 19.4 Å². The highest BCUT2D eigenvalue weighted by Gasteiger charge is 2.16. The van der Waals surface area contributed by atoms with E-state index < -0.39 is 0 Å². The number of benzene rings is 1. The number of amides is 1. The van der Waals surface area contributed by atoms with Crippen LogP contribution in [0.3, 0.4) is 0 Å². The van der Waals surface area contributed by atoms with Gasteiger partial charge < -0.3 is 10.1 Å². The molecule has 2 heterocycles. The van der Waals surface area contributed by atoms with E-state index in [1.807, 2.05) is 44.3 Å². The van der Waals surface area contributed by atoms with Crippen LogP contribution in [-0.2, 0) is 11.2 Å². The first-order valence-electron chi connectivity index (χ1n) is 10.2. The number of hydrogen-bond acceptors (Lipinski definition) is 6. The molecule has 158 valence electrons. The molecule has 0 saturated carbocycles. The van der Waals surface area contributed by atoms with E-state index in [4.69, 9.17) is 4.74 Å². The molecule has 0 aliphatic heterocycles. The van der Waals surface area contributed by atoms with Crippen LogP contribution in [0.25, 0.3) is 16.9 Å². The fraction of sp³-hybridized carbons (Fsp3) is 0.409. The standard InChI is InChI=1S/C22H28N6O2/c1-5-6-7-21-25-26-27-28(21)19-11-17(20-9-8-15(2)13-23-20)10-18(12-19)22(29)24-16(3)14-30-4/h8-13,16H,5-7,14H2,1-4H3,(H,24,29). The van der Waals surface area contributed by atoms with Crippen molar-refractivity contribution in [1.82, 2.24) is 30.5 Å². The molecule has 1 amide bonds. The van der Waals surface area contributed by atoms with Crippen LogP contribution in [0.1, 0.15) is 48.4 Å². The Morgan fingerprint density at radius 2 is 2.10 bits per heavy atom. The number of pyridine rings is 1.